The van der Waals surface area contributed by atoms with Gasteiger partial charge < -0.3 is 0 Å². The lowest BCUT2D eigenvalue weighted by Gasteiger charge is -2.08. The molecule has 0 saturated carbocycles. The van der Waals surface area contributed by atoms with Gasteiger partial charge in [-0.15, -0.1) is 4.40 Å². The fourth-order valence-corrected chi connectivity index (χ4v) is 3.59. The maximum Gasteiger partial charge on any atom is 0.284 e. The molecule has 0 amide bonds. The second-order valence-corrected chi connectivity index (χ2v) is 8.29. The van der Waals surface area contributed by atoms with Crippen LogP contribution in [0.5, 0.6) is 0 Å². The molecule has 0 spiro atoms. The van der Waals surface area contributed by atoms with Crippen molar-refractivity contribution in [2.24, 2.45) is 9.39 Å². The minimum absolute atomic E-state index is 0.0558. The highest BCUT2D eigenvalue weighted by molar-refractivity contribution is 9.10. The molecule has 136 valence electrons. The number of allylic oxidation sites excluding steroid dienone is 4. The molecule has 2 aromatic rings. The van der Waals surface area contributed by atoms with E-state index in [1.807, 2.05) is 6.07 Å². The lowest BCUT2D eigenvalue weighted by atomic mass is 10.0. The molecule has 5 nitrogen and oxygen atoms in total. The van der Waals surface area contributed by atoms with Crippen molar-refractivity contribution in [3.63, 3.8) is 0 Å². The molecule has 0 atom stereocenters. The fourth-order valence-electron chi connectivity index (χ4n) is 2.37. The molecule has 0 heterocycles. The molecule has 0 fully saturated rings. The quantitative estimate of drug-likeness (QED) is 0.407. The summed E-state index contributed by atoms with van der Waals surface area (Å²) in [5, 5.41) is 0. The number of benzene rings is 2. The molecular formula is C20H15BrN2O3S. The van der Waals surface area contributed by atoms with Gasteiger partial charge in [-0.2, -0.15) is 8.42 Å². The molecule has 3 rings (SSSR count). The molecule has 0 bridgehead atoms. The normalized spacial score (nSPS) is 16.5. The number of hydrogen-bond acceptors (Lipinski definition) is 3. The van der Waals surface area contributed by atoms with Crippen LogP contribution in [0.25, 0.3) is 0 Å². The highest BCUT2D eigenvalue weighted by Crippen LogP contribution is 2.19. The molecule has 0 radical (unpaired) electrons. The van der Waals surface area contributed by atoms with Crippen molar-refractivity contribution in [3.05, 3.63) is 88.4 Å². The maximum atomic E-state index is 12.7. The Kier molecular flexibility index (Phi) is 5.62. The van der Waals surface area contributed by atoms with E-state index in [1.54, 1.807) is 49.4 Å². The number of amidine groups is 1. The monoisotopic (exact) mass is 442 g/mol. The highest BCUT2D eigenvalue weighted by Gasteiger charge is 2.17. The van der Waals surface area contributed by atoms with Gasteiger partial charge in [-0.3, -0.25) is 4.79 Å². The Morgan fingerprint density at radius 3 is 2.26 bits per heavy atom. The summed E-state index contributed by atoms with van der Waals surface area (Å²) in [6.45, 7) is 1.74. The zero-order valence-electron chi connectivity index (χ0n) is 14.3. The molecule has 1 aliphatic carbocycles. The number of ketones is 1. The van der Waals surface area contributed by atoms with E-state index in [-0.39, 0.29) is 16.5 Å². The van der Waals surface area contributed by atoms with E-state index < -0.39 is 10.0 Å². The van der Waals surface area contributed by atoms with Crippen LogP contribution in [0.15, 0.2) is 97.2 Å². The van der Waals surface area contributed by atoms with Crippen LogP contribution in [0.1, 0.15) is 12.5 Å². The second-order valence-electron chi connectivity index (χ2n) is 5.77. The molecule has 0 aliphatic heterocycles. The third-order valence-electron chi connectivity index (χ3n) is 3.74. The van der Waals surface area contributed by atoms with Gasteiger partial charge in [0.1, 0.15) is 0 Å². The number of aliphatic imine (C=N–C) groups is 1. The Morgan fingerprint density at radius 1 is 0.963 bits per heavy atom. The number of sulfonamides is 1. The summed E-state index contributed by atoms with van der Waals surface area (Å²) >= 11 is 3.28. The van der Waals surface area contributed by atoms with Crippen LogP contribution in [0.3, 0.4) is 0 Å². The minimum atomic E-state index is -3.95. The van der Waals surface area contributed by atoms with Crippen LogP contribution >= 0.6 is 15.9 Å². The number of nitrogens with zero attached hydrogens (tertiary/aromatic N) is 2. The first-order valence-corrected chi connectivity index (χ1v) is 10.2. The van der Waals surface area contributed by atoms with Crippen molar-refractivity contribution in [2.45, 2.75) is 11.8 Å². The van der Waals surface area contributed by atoms with E-state index >= 15 is 0 Å². The lowest BCUT2D eigenvalue weighted by Crippen LogP contribution is -2.11. The van der Waals surface area contributed by atoms with Gasteiger partial charge in [-0.05, 0) is 55.0 Å². The predicted octanol–water partition coefficient (Wildman–Crippen LogP) is 4.11. The summed E-state index contributed by atoms with van der Waals surface area (Å²) in [6.07, 6.45) is 4.39. The highest BCUT2D eigenvalue weighted by atomic mass is 79.9. The first kappa shape index (κ1) is 19.1. The molecule has 2 aromatic carbocycles. The van der Waals surface area contributed by atoms with Crippen LogP contribution in [-0.2, 0) is 14.8 Å². The van der Waals surface area contributed by atoms with E-state index in [4.69, 9.17) is 0 Å². The van der Waals surface area contributed by atoms with Crippen molar-refractivity contribution in [1.29, 1.82) is 0 Å². The van der Waals surface area contributed by atoms with Crippen molar-refractivity contribution in [3.8, 4) is 0 Å². The zero-order chi connectivity index (χ0) is 19.4. The molecule has 1 aliphatic rings. The van der Waals surface area contributed by atoms with Crippen LogP contribution in [0.2, 0.25) is 0 Å². The first-order chi connectivity index (χ1) is 12.8. The summed E-state index contributed by atoms with van der Waals surface area (Å²) in [4.78, 5) is 16.0. The van der Waals surface area contributed by atoms with Crippen molar-refractivity contribution < 1.29 is 13.2 Å². The Balaban J connectivity index is 2.12. The number of rotatable bonds is 3. The number of carbonyl (C=O) groups is 1. The summed E-state index contributed by atoms with van der Waals surface area (Å²) in [5.41, 5.74) is 1.69. The molecule has 7 heteroatoms. The van der Waals surface area contributed by atoms with Gasteiger partial charge in [0.05, 0.1) is 10.6 Å². The zero-order valence-corrected chi connectivity index (χ0v) is 16.7. The van der Waals surface area contributed by atoms with E-state index in [9.17, 15) is 13.2 Å². The molecular weight excluding hydrogens is 428 g/mol. The predicted molar refractivity (Wildman–Crippen MR) is 110 cm³/mol. The van der Waals surface area contributed by atoms with Gasteiger partial charge in [-0.1, -0.05) is 46.3 Å². The Bertz CT molecular complexity index is 1100. The summed E-state index contributed by atoms with van der Waals surface area (Å²) in [6, 6.07) is 15.1. The molecule has 0 aromatic heterocycles. The van der Waals surface area contributed by atoms with Gasteiger partial charge in [0.15, 0.2) is 11.6 Å². The Morgan fingerprint density at radius 2 is 1.63 bits per heavy atom. The molecule has 27 heavy (non-hydrogen) atoms. The van der Waals surface area contributed by atoms with Gasteiger partial charge in [0.25, 0.3) is 10.0 Å². The van der Waals surface area contributed by atoms with E-state index in [1.165, 1.54) is 24.3 Å². The van der Waals surface area contributed by atoms with Crippen LogP contribution in [0, 0.1) is 0 Å². The standard InChI is InChI=1S/C20H15BrN2O3S/c1-14-13-17(24)9-12-19(14)22-20(15-5-3-2-4-6-15)23-27(25,26)18-10-7-16(21)8-11-18/h2-13H,1H3/b22-19?,23-20-. The van der Waals surface area contributed by atoms with Crippen LogP contribution in [0.4, 0.5) is 0 Å². The Labute approximate surface area is 166 Å². The minimum Gasteiger partial charge on any atom is -0.290 e. The van der Waals surface area contributed by atoms with Crippen LogP contribution in [-0.4, -0.2) is 25.7 Å². The average Bonchev–Trinajstić information content (AvgIpc) is 2.64. The number of carbonyl (C=O) groups excluding carboxylic acids is 1. The lowest BCUT2D eigenvalue weighted by molar-refractivity contribution is -0.110. The van der Waals surface area contributed by atoms with Gasteiger partial charge in [-0.25, -0.2) is 4.99 Å². The topological polar surface area (TPSA) is 75.9 Å². The van der Waals surface area contributed by atoms with Crippen molar-refractivity contribution in [2.75, 3.05) is 0 Å². The smallest absolute Gasteiger partial charge is 0.284 e. The van der Waals surface area contributed by atoms with Gasteiger partial charge >= 0.3 is 0 Å². The molecule has 0 N–H and O–H groups in total. The number of hydrogen-bond donors (Lipinski definition) is 0. The van der Waals surface area contributed by atoms with E-state index in [2.05, 4.69) is 25.3 Å². The van der Waals surface area contributed by atoms with E-state index in [0.717, 1.165) is 4.47 Å². The second kappa shape index (κ2) is 7.94. The molecule has 0 saturated heterocycles. The SMILES string of the molecule is CC1=CC(=O)C=CC1=N/C(=N\S(=O)(=O)c1ccc(Br)cc1)c1ccccc1. The largest absolute Gasteiger partial charge is 0.290 e. The third kappa shape index (κ3) is 4.75. The maximum absolute atomic E-state index is 12.7. The van der Waals surface area contributed by atoms with Crippen molar-refractivity contribution in [1.82, 2.24) is 0 Å². The van der Waals surface area contributed by atoms with E-state index in [0.29, 0.717) is 16.8 Å². The summed E-state index contributed by atoms with van der Waals surface area (Å²) < 4.78 is 30.2. The van der Waals surface area contributed by atoms with Crippen molar-refractivity contribution >= 4 is 43.3 Å². The summed E-state index contributed by atoms with van der Waals surface area (Å²) in [5.74, 6) is -0.0765. The van der Waals surface area contributed by atoms with Gasteiger partial charge in [0, 0.05) is 10.0 Å². The van der Waals surface area contributed by atoms with Gasteiger partial charge in [0.2, 0.25) is 0 Å². The molecule has 0 unspecified atom stereocenters. The average molecular weight is 443 g/mol. The first-order valence-electron chi connectivity index (χ1n) is 8.00. The fraction of sp³-hybridized carbons (Fsp3) is 0.0500. The summed E-state index contributed by atoms with van der Waals surface area (Å²) in [7, 11) is -3.95. The third-order valence-corrected chi connectivity index (χ3v) is 5.55. The van der Waals surface area contributed by atoms with Crippen LogP contribution < -0.4 is 0 Å². The number of halogens is 1. The Hall–Kier alpha value is -2.64.